The zero-order chi connectivity index (χ0) is 19.4. The molecule has 1 aliphatic heterocycles. The second-order valence-electron chi connectivity index (χ2n) is 5.55. The van der Waals surface area contributed by atoms with Crippen molar-refractivity contribution < 1.29 is 22.3 Å². The van der Waals surface area contributed by atoms with Gasteiger partial charge in [-0.25, -0.2) is 4.39 Å². The van der Waals surface area contributed by atoms with E-state index in [4.69, 9.17) is 10.5 Å². The fraction of sp³-hybridized carbons (Fsp3) is 0.353. The molecule has 0 bridgehead atoms. The minimum absolute atomic E-state index is 0.00295. The highest BCUT2D eigenvalue weighted by Gasteiger charge is 2.57. The van der Waals surface area contributed by atoms with Crippen LogP contribution in [-0.4, -0.2) is 35.0 Å². The summed E-state index contributed by atoms with van der Waals surface area (Å²) >= 11 is 4.63. The molecule has 0 saturated heterocycles. The highest BCUT2D eigenvalue weighted by molar-refractivity contribution is 7.80. The first-order valence-electron chi connectivity index (χ1n) is 7.88. The molecule has 0 saturated carbocycles. The molecule has 9 heteroatoms. The first-order valence-corrected chi connectivity index (χ1v) is 8.29. The number of nitrogens with one attached hydrogen (secondary N) is 1. The van der Waals surface area contributed by atoms with Gasteiger partial charge in [-0.05, 0) is 49.8 Å². The van der Waals surface area contributed by atoms with E-state index in [0.717, 1.165) is 11.0 Å². The molecule has 0 amide bonds. The van der Waals surface area contributed by atoms with E-state index in [-0.39, 0.29) is 18.5 Å². The van der Waals surface area contributed by atoms with Crippen LogP contribution < -0.4 is 15.8 Å². The molecule has 0 fully saturated rings. The summed E-state index contributed by atoms with van der Waals surface area (Å²) in [6, 6.07) is 4.31. The van der Waals surface area contributed by atoms with Gasteiger partial charge in [-0.15, -0.1) is 0 Å². The van der Waals surface area contributed by atoms with Gasteiger partial charge in [-0.3, -0.25) is 0 Å². The monoisotopic (exact) mass is 389 g/mol. The van der Waals surface area contributed by atoms with Crippen LogP contribution in [0.4, 0.5) is 17.6 Å². The molecule has 4 nitrogen and oxygen atoms in total. The summed E-state index contributed by atoms with van der Waals surface area (Å²) in [6.45, 7) is 1.92. The van der Waals surface area contributed by atoms with Crippen molar-refractivity contribution in [2.24, 2.45) is 5.73 Å². The molecule has 0 spiro atoms. The Morgan fingerprint density at radius 2 is 2.08 bits per heavy atom. The van der Waals surface area contributed by atoms with Crippen molar-refractivity contribution in [1.82, 2.24) is 10.2 Å². The van der Waals surface area contributed by atoms with Crippen LogP contribution in [0.25, 0.3) is 0 Å². The second kappa shape index (κ2) is 7.94. The van der Waals surface area contributed by atoms with Crippen molar-refractivity contribution in [3.8, 4) is 5.75 Å². The van der Waals surface area contributed by atoms with Gasteiger partial charge in [0.1, 0.15) is 11.6 Å². The smallest absolute Gasteiger partial charge is 0.434 e. The molecular weight excluding hydrogens is 370 g/mol. The summed E-state index contributed by atoms with van der Waals surface area (Å²) < 4.78 is 61.0. The number of allylic oxidation sites excluding steroid dienone is 2. The number of nitrogens with two attached hydrogens (primary N) is 1. The third kappa shape index (κ3) is 4.09. The lowest BCUT2D eigenvalue weighted by Crippen LogP contribution is -2.68. The van der Waals surface area contributed by atoms with Crippen LogP contribution in [0.3, 0.4) is 0 Å². The second-order valence-corrected chi connectivity index (χ2v) is 5.99. The van der Waals surface area contributed by atoms with Crippen LogP contribution in [-0.2, 0) is 6.42 Å². The van der Waals surface area contributed by atoms with Crippen LogP contribution in [0.1, 0.15) is 12.5 Å². The predicted octanol–water partition coefficient (Wildman–Crippen LogP) is 3.24. The average molecular weight is 389 g/mol. The first kappa shape index (κ1) is 20.0. The molecule has 2 rings (SSSR count). The first-order chi connectivity index (χ1) is 12.2. The molecular formula is C17H19F4N3OS. The fourth-order valence-electron chi connectivity index (χ4n) is 2.75. The van der Waals surface area contributed by atoms with Gasteiger partial charge in [0.25, 0.3) is 0 Å². The molecule has 1 aromatic rings. The van der Waals surface area contributed by atoms with E-state index < -0.39 is 22.8 Å². The summed E-state index contributed by atoms with van der Waals surface area (Å²) in [5, 5.41) is 1.63. The molecule has 1 aliphatic rings. The Morgan fingerprint density at radius 3 is 2.69 bits per heavy atom. The summed E-state index contributed by atoms with van der Waals surface area (Å²) in [5.74, 6) is -0.226. The van der Waals surface area contributed by atoms with Crippen molar-refractivity contribution in [2.75, 3.05) is 13.2 Å². The van der Waals surface area contributed by atoms with Crippen LogP contribution in [0, 0.1) is 5.82 Å². The van der Waals surface area contributed by atoms with Gasteiger partial charge in [-0.2, -0.15) is 13.2 Å². The molecule has 3 N–H and O–H groups in total. The van der Waals surface area contributed by atoms with Gasteiger partial charge in [0.2, 0.25) is 5.66 Å². The van der Waals surface area contributed by atoms with E-state index >= 15 is 0 Å². The standard InChI is InChI=1S/C17H19F4N3OS/c1-2-25-14-7-5-6-13(18)12(14)8-11-24-10-4-3-9-16(24,17(19,20)21)23-15(22)26/h3-7,9-10H,2,8,11H2,1H3,(H3,22,23,26). The lowest BCUT2D eigenvalue weighted by molar-refractivity contribution is -0.213. The van der Waals surface area contributed by atoms with E-state index in [9.17, 15) is 17.6 Å². The van der Waals surface area contributed by atoms with E-state index in [1.54, 1.807) is 13.0 Å². The highest BCUT2D eigenvalue weighted by Crippen LogP contribution is 2.37. The molecule has 1 heterocycles. The zero-order valence-corrected chi connectivity index (χ0v) is 14.8. The Morgan fingerprint density at radius 1 is 1.35 bits per heavy atom. The topological polar surface area (TPSA) is 50.5 Å². The van der Waals surface area contributed by atoms with E-state index in [2.05, 4.69) is 17.5 Å². The molecule has 142 valence electrons. The maximum atomic E-state index is 14.2. The SMILES string of the molecule is CCOc1cccc(F)c1CCN1C=CC=CC1(NC(N)=S)C(F)(F)F. The normalized spacial score (nSPS) is 19.5. The Kier molecular flexibility index (Phi) is 6.12. The van der Waals surface area contributed by atoms with Gasteiger partial charge < -0.3 is 20.7 Å². The quantitative estimate of drug-likeness (QED) is 0.578. The van der Waals surface area contributed by atoms with Crippen molar-refractivity contribution >= 4 is 17.3 Å². The molecule has 26 heavy (non-hydrogen) atoms. The summed E-state index contributed by atoms with van der Waals surface area (Å²) in [4.78, 5) is 0.994. The maximum absolute atomic E-state index is 14.2. The number of ether oxygens (including phenoxy) is 1. The van der Waals surface area contributed by atoms with Gasteiger partial charge >= 0.3 is 6.18 Å². The molecule has 1 aromatic carbocycles. The van der Waals surface area contributed by atoms with Crippen molar-refractivity contribution in [3.05, 3.63) is 54.0 Å². The summed E-state index contributed by atoms with van der Waals surface area (Å²) in [6.07, 6.45) is 0.184. The van der Waals surface area contributed by atoms with Gasteiger partial charge in [0, 0.05) is 18.3 Å². The van der Waals surface area contributed by atoms with Crippen molar-refractivity contribution in [3.63, 3.8) is 0 Å². The Bertz CT molecular complexity index is 720. The molecule has 1 atom stereocenters. The molecule has 0 aliphatic carbocycles. The van der Waals surface area contributed by atoms with Crippen LogP contribution in [0.15, 0.2) is 42.6 Å². The number of halogens is 4. The third-order valence-corrected chi connectivity index (χ3v) is 3.99. The Balaban J connectivity index is 2.31. The number of nitrogens with zero attached hydrogens (tertiary/aromatic N) is 1. The number of hydrogen-bond acceptors (Lipinski definition) is 3. The molecule has 0 radical (unpaired) electrons. The Hall–Kier alpha value is -2.29. The van der Waals surface area contributed by atoms with Crippen LogP contribution in [0.2, 0.25) is 0 Å². The van der Waals surface area contributed by atoms with E-state index in [1.807, 2.05) is 0 Å². The maximum Gasteiger partial charge on any atom is 0.434 e. The summed E-state index contributed by atoms with van der Waals surface area (Å²) in [7, 11) is 0. The Labute approximate surface area is 154 Å². The average Bonchev–Trinajstić information content (AvgIpc) is 2.54. The number of benzene rings is 1. The fourth-order valence-corrected chi connectivity index (χ4v) is 2.90. The lowest BCUT2D eigenvalue weighted by Gasteiger charge is -2.44. The van der Waals surface area contributed by atoms with E-state index in [0.29, 0.717) is 12.4 Å². The number of rotatable bonds is 6. The van der Waals surface area contributed by atoms with Crippen LogP contribution >= 0.6 is 12.2 Å². The number of thiocarbonyl (C=S) groups is 1. The third-order valence-electron chi connectivity index (χ3n) is 3.89. The zero-order valence-electron chi connectivity index (χ0n) is 14.0. The largest absolute Gasteiger partial charge is 0.493 e. The molecule has 0 aromatic heterocycles. The van der Waals surface area contributed by atoms with Crippen molar-refractivity contribution in [2.45, 2.75) is 25.2 Å². The predicted molar refractivity (Wildman–Crippen MR) is 95.0 cm³/mol. The van der Waals surface area contributed by atoms with Gasteiger partial charge in [0.05, 0.1) is 6.61 Å². The van der Waals surface area contributed by atoms with Crippen LogP contribution in [0.5, 0.6) is 5.75 Å². The summed E-state index contributed by atoms with van der Waals surface area (Å²) in [5.41, 5.74) is 2.94. The number of alkyl halides is 3. The van der Waals surface area contributed by atoms with Gasteiger partial charge in [0.15, 0.2) is 5.11 Å². The van der Waals surface area contributed by atoms with Crippen molar-refractivity contribution in [1.29, 1.82) is 0 Å². The number of hydrogen-bond donors (Lipinski definition) is 2. The minimum atomic E-state index is -4.71. The van der Waals surface area contributed by atoms with E-state index in [1.165, 1.54) is 30.5 Å². The lowest BCUT2D eigenvalue weighted by atomic mass is 10.0. The van der Waals surface area contributed by atoms with Gasteiger partial charge in [-0.1, -0.05) is 12.1 Å². The highest BCUT2D eigenvalue weighted by atomic mass is 32.1. The minimum Gasteiger partial charge on any atom is -0.493 e. The molecule has 1 unspecified atom stereocenters.